The zero-order chi connectivity index (χ0) is 21.8. The summed E-state index contributed by atoms with van der Waals surface area (Å²) in [6.07, 6.45) is 2.75. The second-order valence-corrected chi connectivity index (χ2v) is 8.76. The summed E-state index contributed by atoms with van der Waals surface area (Å²) in [6, 6.07) is 0. The number of hydrogen-bond donors (Lipinski definition) is 2. The van der Waals surface area contributed by atoms with Crippen LogP contribution in [0.15, 0.2) is 11.6 Å². The number of rotatable bonds is 9. The second-order valence-electron chi connectivity index (χ2n) is 8.76. The summed E-state index contributed by atoms with van der Waals surface area (Å²) in [5, 5.41) is 22.2. The molecule has 0 radical (unpaired) electrons. The first-order valence-electron chi connectivity index (χ1n) is 10.7. The number of ether oxygens (including phenoxy) is 1. The van der Waals surface area contributed by atoms with Crippen molar-refractivity contribution in [1.29, 1.82) is 0 Å². The van der Waals surface area contributed by atoms with Crippen molar-refractivity contribution in [3.8, 4) is 0 Å². The van der Waals surface area contributed by atoms with E-state index in [1.807, 2.05) is 26.8 Å². The first kappa shape index (κ1) is 25.0. The van der Waals surface area contributed by atoms with E-state index in [2.05, 4.69) is 6.92 Å². The number of allylic oxidation sites excluding steroid dienone is 2. The summed E-state index contributed by atoms with van der Waals surface area (Å²) in [5.41, 5.74) is 1.15. The molecule has 0 amide bonds. The lowest BCUT2D eigenvalue weighted by Crippen LogP contribution is -2.63. The Bertz CT molecular complexity index is 584. The van der Waals surface area contributed by atoms with Crippen LogP contribution >= 0.6 is 0 Å². The topological polar surface area (TPSA) is 83.8 Å². The van der Waals surface area contributed by atoms with Gasteiger partial charge in [-0.05, 0) is 13.3 Å². The van der Waals surface area contributed by atoms with Crippen LogP contribution in [0.25, 0.3) is 0 Å². The van der Waals surface area contributed by atoms with E-state index < -0.39 is 35.7 Å². The van der Waals surface area contributed by atoms with E-state index in [9.17, 15) is 19.8 Å². The van der Waals surface area contributed by atoms with Gasteiger partial charge in [-0.3, -0.25) is 9.59 Å². The monoisotopic (exact) mass is 396 g/mol. The highest BCUT2D eigenvalue weighted by Gasteiger charge is 2.56. The quantitative estimate of drug-likeness (QED) is 0.577. The van der Waals surface area contributed by atoms with Crippen LogP contribution < -0.4 is 0 Å². The van der Waals surface area contributed by atoms with E-state index in [-0.39, 0.29) is 23.4 Å². The van der Waals surface area contributed by atoms with E-state index in [0.717, 1.165) is 18.4 Å². The maximum Gasteiger partial charge on any atom is 0.180 e. The molecule has 0 unspecified atom stereocenters. The number of aliphatic hydroxyl groups excluding tert-OH is 1. The van der Waals surface area contributed by atoms with Crippen molar-refractivity contribution in [2.75, 3.05) is 0 Å². The maximum atomic E-state index is 13.1. The Balaban J connectivity index is 3.15. The standard InChI is InChI=1S/C23H40O5/c1-9-11-13(3)12-14(4)20(25)17(7)23(27)18(8)21(26)16(6)22(28-23)15(5)19(24)10-2/h12,14-18,21-22,26-27H,9-11H2,1-8H3/b13-12+/t14-,15-,16-,17+,18+,21+,22+,23-/m1/s1. The fourth-order valence-corrected chi connectivity index (χ4v) is 4.47. The maximum absolute atomic E-state index is 13.1. The number of Topliss-reactive ketones (excluding diaryl/α,β-unsaturated/α-hetero) is 2. The van der Waals surface area contributed by atoms with Crippen LogP contribution in [-0.4, -0.2) is 39.8 Å². The van der Waals surface area contributed by atoms with Crippen LogP contribution in [0.3, 0.4) is 0 Å². The lowest BCUT2D eigenvalue weighted by atomic mass is 9.71. The van der Waals surface area contributed by atoms with Gasteiger partial charge in [0.05, 0.1) is 18.1 Å². The molecule has 0 bridgehead atoms. The highest BCUT2D eigenvalue weighted by Crippen LogP contribution is 2.43. The van der Waals surface area contributed by atoms with Gasteiger partial charge < -0.3 is 14.9 Å². The Kier molecular flexibility index (Phi) is 9.04. The van der Waals surface area contributed by atoms with Gasteiger partial charge in [-0.25, -0.2) is 0 Å². The average molecular weight is 397 g/mol. The third-order valence-electron chi connectivity index (χ3n) is 6.57. The molecule has 1 aliphatic rings. The van der Waals surface area contributed by atoms with Gasteiger partial charge in [0.25, 0.3) is 0 Å². The molecule has 1 fully saturated rings. The molecule has 0 aromatic rings. The molecule has 0 aromatic heterocycles. The van der Waals surface area contributed by atoms with E-state index in [1.165, 1.54) is 0 Å². The highest BCUT2D eigenvalue weighted by atomic mass is 16.6. The molecule has 0 aliphatic carbocycles. The number of ketones is 2. The lowest BCUT2D eigenvalue weighted by Gasteiger charge is -2.51. The highest BCUT2D eigenvalue weighted by molar-refractivity contribution is 5.85. The zero-order valence-corrected chi connectivity index (χ0v) is 18.9. The van der Waals surface area contributed by atoms with Gasteiger partial charge in [-0.1, -0.05) is 66.5 Å². The molecular weight excluding hydrogens is 356 g/mol. The minimum atomic E-state index is -1.81. The smallest absolute Gasteiger partial charge is 0.180 e. The Morgan fingerprint density at radius 1 is 1.18 bits per heavy atom. The largest absolute Gasteiger partial charge is 0.392 e. The number of carbonyl (C=O) groups excluding carboxylic acids is 2. The molecule has 0 spiro atoms. The van der Waals surface area contributed by atoms with Gasteiger partial charge in [0.15, 0.2) is 5.79 Å². The van der Waals surface area contributed by atoms with Crippen molar-refractivity contribution in [2.24, 2.45) is 29.6 Å². The van der Waals surface area contributed by atoms with Gasteiger partial charge >= 0.3 is 0 Å². The van der Waals surface area contributed by atoms with Crippen molar-refractivity contribution in [3.05, 3.63) is 11.6 Å². The third kappa shape index (κ3) is 5.11. The average Bonchev–Trinajstić information content (AvgIpc) is 2.66. The van der Waals surface area contributed by atoms with Gasteiger partial charge in [0.1, 0.15) is 11.6 Å². The van der Waals surface area contributed by atoms with E-state index in [0.29, 0.717) is 6.42 Å². The predicted molar refractivity (Wildman–Crippen MR) is 111 cm³/mol. The van der Waals surface area contributed by atoms with E-state index in [1.54, 1.807) is 27.7 Å². The van der Waals surface area contributed by atoms with Gasteiger partial charge in [-0.2, -0.15) is 0 Å². The minimum absolute atomic E-state index is 0.0198. The first-order valence-corrected chi connectivity index (χ1v) is 10.7. The van der Waals surface area contributed by atoms with E-state index in [4.69, 9.17) is 4.74 Å². The molecule has 1 aliphatic heterocycles. The summed E-state index contributed by atoms with van der Waals surface area (Å²) < 4.78 is 6.07. The first-order chi connectivity index (χ1) is 12.9. The molecule has 5 nitrogen and oxygen atoms in total. The molecule has 28 heavy (non-hydrogen) atoms. The van der Waals surface area contributed by atoms with Crippen molar-refractivity contribution < 1.29 is 24.5 Å². The van der Waals surface area contributed by atoms with Crippen LogP contribution in [0.5, 0.6) is 0 Å². The fourth-order valence-electron chi connectivity index (χ4n) is 4.47. The molecule has 0 saturated carbocycles. The predicted octanol–water partition coefficient (Wildman–Crippen LogP) is 3.91. The zero-order valence-electron chi connectivity index (χ0n) is 18.9. The lowest BCUT2D eigenvalue weighted by molar-refractivity contribution is -0.337. The number of hydrogen-bond acceptors (Lipinski definition) is 5. The van der Waals surface area contributed by atoms with Crippen molar-refractivity contribution in [2.45, 2.75) is 92.6 Å². The van der Waals surface area contributed by atoms with Gasteiger partial charge in [-0.15, -0.1) is 0 Å². The SMILES string of the molecule is CCC/C(C)=C/[C@@H](C)C(=O)[C@H](C)[C@@]1(O)O[C@@H]([C@H](C)C(=O)CC)[C@H](C)[C@H](O)[C@@H]1C. The molecular formula is C23H40O5. The molecule has 2 N–H and O–H groups in total. The normalized spacial score (nSPS) is 34.6. The molecule has 1 rings (SSSR count). The third-order valence-corrected chi connectivity index (χ3v) is 6.57. The van der Waals surface area contributed by atoms with Crippen LogP contribution in [-0.2, 0) is 14.3 Å². The Labute approximate surface area is 170 Å². The summed E-state index contributed by atoms with van der Waals surface area (Å²) in [4.78, 5) is 25.3. The van der Waals surface area contributed by atoms with Gasteiger partial charge in [0.2, 0.25) is 0 Å². The molecule has 8 atom stereocenters. The van der Waals surface area contributed by atoms with E-state index >= 15 is 0 Å². The molecule has 5 heteroatoms. The molecule has 1 saturated heterocycles. The van der Waals surface area contributed by atoms with Gasteiger partial charge in [0, 0.05) is 30.1 Å². The van der Waals surface area contributed by atoms with Crippen LogP contribution in [0.1, 0.15) is 74.7 Å². The second kappa shape index (κ2) is 10.1. The fraction of sp³-hybridized carbons (Fsp3) is 0.826. The van der Waals surface area contributed by atoms with Crippen LogP contribution in [0.2, 0.25) is 0 Å². The van der Waals surface area contributed by atoms with Crippen LogP contribution in [0, 0.1) is 29.6 Å². The summed E-state index contributed by atoms with van der Waals surface area (Å²) in [7, 11) is 0. The number of aliphatic hydroxyl groups is 2. The summed E-state index contributed by atoms with van der Waals surface area (Å²) in [5.74, 6) is -4.51. The molecule has 1 heterocycles. The Morgan fingerprint density at radius 2 is 1.75 bits per heavy atom. The minimum Gasteiger partial charge on any atom is -0.392 e. The van der Waals surface area contributed by atoms with Crippen molar-refractivity contribution >= 4 is 11.6 Å². The molecule has 0 aromatic carbocycles. The molecule has 162 valence electrons. The van der Waals surface area contributed by atoms with Crippen molar-refractivity contribution in [3.63, 3.8) is 0 Å². The number of carbonyl (C=O) groups is 2. The summed E-state index contributed by atoms with van der Waals surface area (Å²) >= 11 is 0. The Morgan fingerprint density at radius 3 is 2.25 bits per heavy atom. The van der Waals surface area contributed by atoms with Crippen LogP contribution in [0.4, 0.5) is 0 Å². The Hall–Kier alpha value is -1.04. The van der Waals surface area contributed by atoms with Crippen molar-refractivity contribution in [1.82, 2.24) is 0 Å². The summed E-state index contributed by atoms with van der Waals surface area (Å²) in [6.45, 7) is 14.7.